The van der Waals surface area contributed by atoms with Gasteiger partial charge < -0.3 is 15.0 Å². The van der Waals surface area contributed by atoms with Crippen molar-refractivity contribution < 1.29 is 4.74 Å². The largest absolute Gasteiger partial charge is 0.375 e. The van der Waals surface area contributed by atoms with Crippen molar-refractivity contribution in [2.75, 3.05) is 37.5 Å². The highest BCUT2D eigenvalue weighted by molar-refractivity contribution is 6.30. The van der Waals surface area contributed by atoms with E-state index in [-0.39, 0.29) is 0 Å². The van der Waals surface area contributed by atoms with Gasteiger partial charge in [-0.25, -0.2) is 4.98 Å². The Hall–Kier alpha value is -1.85. The third kappa shape index (κ3) is 5.21. The minimum Gasteiger partial charge on any atom is -0.375 e. The van der Waals surface area contributed by atoms with Crippen molar-refractivity contribution in [2.24, 2.45) is 0 Å². The fraction of sp³-hybridized carbons (Fsp3) is 0.333. The fourth-order valence-corrected chi connectivity index (χ4v) is 1.82. The molecule has 0 bridgehead atoms. The van der Waals surface area contributed by atoms with Crippen LogP contribution in [0.1, 0.15) is 5.56 Å². The van der Waals surface area contributed by atoms with Gasteiger partial charge in [0.25, 0.3) is 0 Å². The Kier molecular flexibility index (Phi) is 5.78. The van der Waals surface area contributed by atoms with E-state index in [9.17, 15) is 0 Å². The van der Waals surface area contributed by atoms with E-state index in [1.807, 2.05) is 49.3 Å². The molecular weight excluding hydrogens is 288 g/mol. The van der Waals surface area contributed by atoms with E-state index in [0.29, 0.717) is 25.7 Å². The van der Waals surface area contributed by atoms with Crippen LogP contribution in [0.3, 0.4) is 0 Å². The zero-order valence-corrected chi connectivity index (χ0v) is 13.0. The van der Waals surface area contributed by atoms with Gasteiger partial charge in [0.15, 0.2) is 0 Å². The van der Waals surface area contributed by atoms with E-state index in [2.05, 4.69) is 15.3 Å². The highest BCUT2D eigenvalue weighted by atomic mass is 35.5. The van der Waals surface area contributed by atoms with E-state index >= 15 is 0 Å². The standard InChI is InChI=1S/C15H19ClN4O/c1-20(2)14-7-8-17-15(19-14)18-9-10-21-11-12-3-5-13(16)6-4-12/h3-8H,9-11H2,1-2H3,(H,17,18,19). The first-order valence-corrected chi connectivity index (χ1v) is 7.09. The number of nitrogens with one attached hydrogen (secondary N) is 1. The molecule has 0 unspecified atom stereocenters. The van der Waals surface area contributed by atoms with Crippen molar-refractivity contribution in [1.82, 2.24) is 9.97 Å². The van der Waals surface area contributed by atoms with Crippen LogP contribution in [0.25, 0.3) is 0 Å². The van der Waals surface area contributed by atoms with Crippen molar-refractivity contribution >= 4 is 23.4 Å². The van der Waals surface area contributed by atoms with E-state index in [4.69, 9.17) is 16.3 Å². The predicted molar refractivity (Wildman–Crippen MR) is 86.0 cm³/mol. The topological polar surface area (TPSA) is 50.3 Å². The predicted octanol–water partition coefficient (Wildman–Crippen LogP) is 2.82. The van der Waals surface area contributed by atoms with Crippen LogP contribution in [0.5, 0.6) is 0 Å². The van der Waals surface area contributed by atoms with Gasteiger partial charge in [-0.2, -0.15) is 4.98 Å². The van der Waals surface area contributed by atoms with Crippen molar-refractivity contribution in [2.45, 2.75) is 6.61 Å². The summed E-state index contributed by atoms with van der Waals surface area (Å²) in [4.78, 5) is 10.5. The molecule has 112 valence electrons. The summed E-state index contributed by atoms with van der Waals surface area (Å²) in [6, 6.07) is 9.50. The smallest absolute Gasteiger partial charge is 0.224 e. The maximum absolute atomic E-state index is 5.83. The average Bonchev–Trinajstić information content (AvgIpc) is 2.49. The Morgan fingerprint density at radius 2 is 1.95 bits per heavy atom. The van der Waals surface area contributed by atoms with Gasteiger partial charge in [0.1, 0.15) is 5.82 Å². The molecule has 0 fully saturated rings. The van der Waals surface area contributed by atoms with Gasteiger partial charge in [-0.1, -0.05) is 23.7 Å². The van der Waals surface area contributed by atoms with E-state index in [1.165, 1.54) is 0 Å². The summed E-state index contributed by atoms with van der Waals surface area (Å²) < 4.78 is 5.59. The fourth-order valence-electron chi connectivity index (χ4n) is 1.69. The van der Waals surface area contributed by atoms with E-state index in [1.54, 1.807) is 6.20 Å². The molecule has 1 N–H and O–H groups in total. The SMILES string of the molecule is CN(C)c1ccnc(NCCOCc2ccc(Cl)cc2)n1. The number of aromatic nitrogens is 2. The molecule has 0 amide bonds. The molecule has 0 saturated carbocycles. The van der Waals surface area contributed by atoms with Crippen molar-refractivity contribution in [3.05, 3.63) is 47.1 Å². The van der Waals surface area contributed by atoms with Gasteiger partial charge in [-0.3, -0.25) is 0 Å². The van der Waals surface area contributed by atoms with Gasteiger partial charge >= 0.3 is 0 Å². The van der Waals surface area contributed by atoms with Gasteiger partial charge in [0, 0.05) is 31.9 Å². The molecular formula is C15H19ClN4O. The molecule has 2 rings (SSSR count). The highest BCUT2D eigenvalue weighted by Crippen LogP contribution is 2.10. The average molecular weight is 307 g/mol. The lowest BCUT2D eigenvalue weighted by molar-refractivity contribution is 0.130. The summed E-state index contributed by atoms with van der Waals surface area (Å²) >= 11 is 5.83. The molecule has 6 heteroatoms. The lowest BCUT2D eigenvalue weighted by Gasteiger charge is -2.12. The summed E-state index contributed by atoms with van der Waals surface area (Å²) in [7, 11) is 3.89. The Morgan fingerprint density at radius 3 is 2.67 bits per heavy atom. The van der Waals surface area contributed by atoms with Crippen LogP contribution in [0.2, 0.25) is 5.02 Å². The normalized spacial score (nSPS) is 10.4. The van der Waals surface area contributed by atoms with Crippen LogP contribution >= 0.6 is 11.6 Å². The molecule has 0 saturated heterocycles. The molecule has 5 nitrogen and oxygen atoms in total. The van der Waals surface area contributed by atoms with Crippen molar-refractivity contribution in [1.29, 1.82) is 0 Å². The Bertz CT molecular complexity index is 560. The zero-order chi connectivity index (χ0) is 15.1. The zero-order valence-electron chi connectivity index (χ0n) is 12.2. The summed E-state index contributed by atoms with van der Waals surface area (Å²) in [5.74, 6) is 1.48. The first-order chi connectivity index (χ1) is 10.1. The number of benzene rings is 1. The number of anilines is 2. The Balaban J connectivity index is 1.70. The molecule has 0 aliphatic carbocycles. The number of halogens is 1. The molecule has 0 radical (unpaired) electrons. The summed E-state index contributed by atoms with van der Waals surface area (Å²) in [5, 5.41) is 3.87. The number of hydrogen-bond donors (Lipinski definition) is 1. The quantitative estimate of drug-likeness (QED) is 0.797. The van der Waals surface area contributed by atoms with E-state index in [0.717, 1.165) is 16.4 Å². The molecule has 0 aliphatic rings. The van der Waals surface area contributed by atoms with Crippen LogP contribution in [0.15, 0.2) is 36.5 Å². The molecule has 1 aromatic carbocycles. The second-order valence-electron chi connectivity index (χ2n) is 4.74. The van der Waals surface area contributed by atoms with Crippen LogP contribution in [-0.2, 0) is 11.3 Å². The summed E-state index contributed by atoms with van der Waals surface area (Å²) in [6.07, 6.45) is 1.74. The van der Waals surface area contributed by atoms with Gasteiger partial charge in [0.2, 0.25) is 5.95 Å². The number of hydrogen-bond acceptors (Lipinski definition) is 5. The van der Waals surface area contributed by atoms with Crippen LogP contribution < -0.4 is 10.2 Å². The second kappa shape index (κ2) is 7.81. The summed E-state index contributed by atoms with van der Waals surface area (Å²) in [6.45, 7) is 1.81. The highest BCUT2D eigenvalue weighted by Gasteiger charge is 2.00. The number of ether oxygens (including phenoxy) is 1. The van der Waals surface area contributed by atoms with Crippen LogP contribution in [-0.4, -0.2) is 37.2 Å². The summed E-state index contributed by atoms with van der Waals surface area (Å²) in [5.41, 5.74) is 1.10. The van der Waals surface area contributed by atoms with Gasteiger partial charge in [-0.05, 0) is 23.8 Å². The molecule has 21 heavy (non-hydrogen) atoms. The Morgan fingerprint density at radius 1 is 1.19 bits per heavy atom. The molecule has 0 aliphatic heterocycles. The molecule has 2 aromatic rings. The van der Waals surface area contributed by atoms with Gasteiger partial charge in [0.05, 0.1) is 13.2 Å². The van der Waals surface area contributed by atoms with Crippen LogP contribution in [0, 0.1) is 0 Å². The van der Waals surface area contributed by atoms with Crippen molar-refractivity contribution in [3.63, 3.8) is 0 Å². The third-order valence-electron chi connectivity index (χ3n) is 2.81. The van der Waals surface area contributed by atoms with Crippen LogP contribution in [0.4, 0.5) is 11.8 Å². The molecule has 1 aromatic heterocycles. The minimum absolute atomic E-state index is 0.567. The lowest BCUT2D eigenvalue weighted by Crippen LogP contribution is -2.15. The molecule has 0 atom stereocenters. The first kappa shape index (κ1) is 15.5. The van der Waals surface area contributed by atoms with Gasteiger partial charge in [-0.15, -0.1) is 0 Å². The monoisotopic (exact) mass is 306 g/mol. The number of rotatable bonds is 7. The number of nitrogens with zero attached hydrogens (tertiary/aromatic N) is 3. The molecule has 0 spiro atoms. The minimum atomic E-state index is 0.567. The van der Waals surface area contributed by atoms with E-state index < -0.39 is 0 Å². The van der Waals surface area contributed by atoms with Crippen molar-refractivity contribution in [3.8, 4) is 0 Å². The first-order valence-electron chi connectivity index (χ1n) is 6.71. The Labute approximate surface area is 129 Å². The third-order valence-corrected chi connectivity index (χ3v) is 3.06. The second-order valence-corrected chi connectivity index (χ2v) is 5.18. The maximum Gasteiger partial charge on any atom is 0.224 e. The molecule has 1 heterocycles. The lowest BCUT2D eigenvalue weighted by atomic mass is 10.2. The maximum atomic E-state index is 5.83.